The molecule has 10 rings (SSSR count). The maximum Gasteiger partial charge on any atom is 0.235 e. The molecular formula is C37H20N4S2. The summed E-state index contributed by atoms with van der Waals surface area (Å²) in [6.07, 6.45) is 1.90. The molecule has 10 aromatic rings. The van der Waals surface area contributed by atoms with Crippen LogP contribution in [0.25, 0.3) is 90.4 Å². The lowest BCUT2D eigenvalue weighted by Gasteiger charge is -2.12. The number of nitrogens with zero attached hydrogens (tertiary/aromatic N) is 4. The first-order valence-electron chi connectivity index (χ1n) is 14.2. The quantitative estimate of drug-likeness (QED) is 0.203. The molecule has 0 saturated carbocycles. The normalized spacial score (nSPS) is 12.2. The number of rotatable bonds is 2. The summed E-state index contributed by atoms with van der Waals surface area (Å²) >= 11 is 3.66. The summed E-state index contributed by atoms with van der Waals surface area (Å²) < 4.78 is 6.17. The Morgan fingerprint density at radius 1 is 0.535 bits per heavy atom. The number of benzene rings is 5. The highest BCUT2D eigenvalue weighted by atomic mass is 32.1. The minimum absolute atomic E-state index is 0.678. The summed E-state index contributed by atoms with van der Waals surface area (Å²) in [5, 5.41) is 8.44. The van der Waals surface area contributed by atoms with Gasteiger partial charge in [0.15, 0.2) is 0 Å². The lowest BCUT2D eigenvalue weighted by atomic mass is 10.0. The lowest BCUT2D eigenvalue weighted by molar-refractivity contribution is 1.02. The third kappa shape index (κ3) is 3.16. The monoisotopic (exact) mass is 584 g/mol. The van der Waals surface area contributed by atoms with Crippen LogP contribution in [0, 0.1) is 0 Å². The number of aromatic nitrogens is 4. The Balaban J connectivity index is 1.49. The van der Waals surface area contributed by atoms with Gasteiger partial charge in [-0.15, -0.1) is 22.7 Å². The van der Waals surface area contributed by atoms with Gasteiger partial charge in [0.05, 0.1) is 31.6 Å². The molecule has 0 unspecified atom stereocenters. The van der Waals surface area contributed by atoms with Gasteiger partial charge in [0.1, 0.15) is 4.83 Å². The first-order valence-corrected chi connectivity index (χ1v) is 15.8. The zero-order valence-electron chi connectivity index (χ0n) is 22.7. The van der Waals surface area contributed by atoms with E-state index in [-0.39, 0.29) is 0 Å². The molecule has 0 spiro atoms. The first kappa shape index (κ1) is 23.4. The van der Waals surface area contributed by atoms with Crippen LogP contribution in [0.5, 0.6) is 0 Å². The van der Waals surface area contributed by atoms with Crippen molar-refractivity contribution in [3.8, 4) is 17.2 Å². The van der Waals surface area contributed by atoms with Gasteiger partial charge in [-0.25, -0.2) is 15.0 Å². The number of para-hydroxylation sites is 2. The summed E-state index contributed by atoms with van der Waals surface area (Å²) in [4.78, 5) is 16.5. The molecule has 5 heterocycles. The molecule has 0 saturated heterocycles. The van der Waals surface area contributed by atoms with E-state index in [1.165, 1.54) is 46.4 Å². The SMILES string of the molecule is c1ccc(-c2nc(-n3c4ccccc4c4c5c6cccnc6sc5c5sc6ccccc6c5c43)nc3ccccc23)cc1. The van der Waals surface area contributed by atoms with Gasteiger partial charge in [0, 0.05) is 54.2 Å². The van der Waals surface area contributed by atoms with Crippen molar-refractivity contribution < 1.29 is 0 Å². The summed E-state index contributed by atoms with van der Waals surface area (Å²) in [5.41, 5.74) is 5.18. The van der Waals surface area contributed by atoms with Crippen molar-refractivity contribution in [1.82, 2.24) is 19.5 Å². The van der Waals surface area contributed by atoms with Gasteiger partial charge in [-0.1, -0.05) is 84.9 Å². The van der Waals surface area contributed by atoms with Crippen molar-refractivity contribution in [3.63, 3.8) is 0 Å². The molecule has 5 aromatic heterocycles. The van der Waals surface area contributed by atoms with E-state index in [9.17, 15) is 0 Å². The molecule has 0 aliphatic rings. The molecule has 0 atom stereocenters. The molecule has 200 valence electrons. The highest BCUT2D eigenvalue weighted by molar-refractivity contribution is 7.33. The van der Waals surface area contributed by atoms with E-state index in [2.05, 4.69) is 108 Å². The van der Waals surface area contributed by atoms with Crippen molar-refractivity contribution >= 4 is 95.9 Å². The molecule has 0 amide bonds. The van der Waals surface area contributed by atoms with E-state index in [0.29, 0.717) is 5.95 Å². The number of thiophene rings is 2. The number of hydrogen-bond donors (Lipinski definition) is 0. The molecular weight excluding hydrogens is 565 g/mol. The second kappa shape index (κ2) is 8.67. The van der Waals surface area contributed by atoms with E-state index in [1.54, 1.807) is 11.3 Å². The second-order valence-corrected chi connectivity index (χ2v) is 12.8. The van der Waals surface area contributed by atoms with Gasteiger partial charge >= 0.3 is 0 Å². The maximum absolute atomic E-state index is 5.36. The Hall–Kier alpha value is -5.17. The molecule has 0 aliphatic carbocycles. The summed E-state index contributed by atoms with van der Waals surface area (Å²) in [7, 11) is 0. The summed E-state index contributed by atoms with van der Waals surface area (Å²) in [6, 6.07) is 40.5. The predicted octanol–water partition coefficient (Wildman–Crippen LogP) is 10.5. The molecule has 4 nitrogen and oxygen atoms in total. The Morgan fingerprint density at radius 2 is 1.26 bits per heavy atom. The summed E-state index contributed by atoms with van der Waals surface area (Å²) in [5.74, 6) is 0.678. The van der Waals surface area contributed by atoms with Gasteiger partial charge in [0.25, 0.3) is 0 Å². The Kier molecular flexibility index (Phi) is 4.72. The van der Waals surface area contributed by atoms with Crippen molar-refractivity contribution in [3.05, 3.63) is 121 Å². The smallest absolute Gasteiger partial charge is 0.235 e. The Morgan fingerprint density at radius 3 is 2.16 bits per heavy atom. The van der Waals surface area contributed by atoms with Crippen LogP contribution in [-0.4, -0.2) is 19.5 Å². The highest BCUT2D eigenvalue weighted by Gasteiger charge is 2.25. The highest BCUT2D eigenvalue weighted by Crippen LogP contribution is 2.51. The molecule has 5 aromatic carbocycles. The van der Waals surface area contributed by atoms with Gasteiger partial charge in [-0.3, -0.25) is 4.57 Å². The van der Waals surface area contributed by atoms with Crippen LogP contribution in [-0.2, 0) is 0 Å². The van der Waals surface area contributed by atoms with Gasteiger partial charge in [-0.2, -0.15) is 0 Å². The third-order valence-corrected chi connectivity index (χ3v) is 10.9. The largest absolute Gasteiger partial charge is 0.277 e. The fourth-order valence-corrected chi connectivity index (χ4v) is 9.19. The van der Waals surface area contributed by atoms with Gasteiger partial charge < -0.3 is 0 Å². The minimum atomic E-state index is 0.678. The first-order chi connectivity index (χ1) is 21.3. The Bertz CT molecular complexity index is 2730. The molecule has 0 bridgehead atoms. The number of hydrogen-bond acceptors (Lipinski definition) is 5. The van der Waals surface area contributed by atoms with Gasteiger partial charge in [-0.05, 0) is 30.3 Å². The van der Waals surface area contributed by atoms with Crippen LogP contribution in [0.15, 0.2) is 121 Å². The zero-order valence-corrected chi connectivity index (χ0v) is 24.3. The van der Waals surface area contributed by atoms with Crippen molar-refractivity contribution in [2.24, 2.45) is 0 Å². The van der Waals surface area contributed by atoms with Gasteiger partial charge in [0.2, 0.25) is 5.95 Å². The molecule has 0 radical (unpaired) electrons. The van der Waals surface area contributed by atoms with E-state index in [1.807, 2.05) is 29.7 Å². The predicted molar refractivity (Wildman–Crippen MR) is 183 cm³/mol. The average molecular weight is 585 g/mol. The minimum Gasteiger partial charge on any atom is -0.277 e. The maximum atomic E-state index is 5.36. The molecule has 0 aliphatic heterocycles. The average Bonchev–Trinajstić information content (AvgIpc) is 3.74. The fraction of sp³-hybridized carbons (Fsp3) is 0. The van der Waals surface area contributed by atoms with E-state index >= 15 is 0 Å². The number of fused-ring (bicyclic) bond motifs is 13. The fourth-order valence-electron chi connectivity index (χ4n) is 6.70. The second-order valence-electron chi connectivity index (χ2n) is 10.8. The molecule has 43 heavy (non-hydrogen) atoms. The van der Waals surface area contributed by atoms with Crippen LogP contribution in [0.2, 0.25) is 0 Å². The standard InChI is InChI=1S/C37H20N4S2/c1-2-11-21(12-3-1)32-22-13-4-7-17-26(22)39-37(40-32)41-27-18-8-5-14-23(27)29-30-25-16-10-20-38-36(25)43-34(30)35-31(33(29)41)24-15-6-9-19-28(24)42-35/h1-20H. The van der Waals surface area contributed by atoms with Crippen molar-refractivity contribution in [2.75, 3.05) is 0 Å². The van der Waals surface area contributed by atoms with E-state index in [4.69, 9.17) is 15.0 Å². The zero-order chi connectivity index (χ0) is 28.1. The lowest BCUT2D eigenvalue weighted by Crippen LogP contribution is -2.03. The molecule has 0 N–H and O–H groups in total. The van der Waals surface area contributed by atoms with Crippen molar-refractivity contribution in [2.45, 2.75) is 0 Å². The Labute approximate surface area is 253 Å². The van der Waals surface area contributed by atoms with Crippen LogP contribution in [0.1, 0.15) is 0 Å². The van der Waals surface area contributed by atoms with Crippen LogP contribution < -0.4 is 0 Å². The van der Waals surface area contributed by atoms with E-state index < -0.39 is 0 Å². The number of pyridine rings is 1. The summed E-state index contributed by atoms with van der Waals surface area (Å²) in [6.45, 7) is 0. The van der Waals surface area contributed by atoms with Crippen LogP contribution in [0.4, 0.5) is 0 Å². The molecule has 0 fully saturated rings. The van der Waals surface area contributed by atoms with Crippen molar-refractivity contribution in [1.29, 1.82) is 0 Å². The van der Waals surface area contributed by atoms with Crippen LogP contribution in [0.3, 0.4) is 0 Å². The topological polar surface area (TPSA) is 43.6 Å². The third-order valence-electron chi connectivity index (χ3n) is 8.47. The van der Waals surface area contributed by atoms with Crippen LogP contribution >= 0.6 is 22.7 Å². The van der Waals surface area contributed by atoms with E-state index in [0.717, 1.165) is 38.0 Å². The molecule has 6 heteroatoms.